The first-order valence-corrected chi connectivity index (χ1v) is 16.1. The largest absolute Gasteiger partial charge is 0.462 e. The number of fused-ring (bicyclic) bond motifs is 2. The number of esters is 5. The van der Waals surface area contributed by atoms with Gasteiger partial charge in [-0.2, -0.15) is 0 Å². The first-order chi connectivity index (χ1) is 22.3. The summed E-state index contributed by atoms with van der Waals surface area (Å²) in [5.74, 6) is -3.94. The lowest BCUT2D eigenvalue weighted by Crippen LogP contribution is -2.60. The Morgan fingerprint density at radius 2 is 1.44 bits per heavy atom. The van der Waals surface area contributed by atoms with E-state index in [1.54, 1.807) is 33.8 Å². The quantitative estimate of drug-likeness (QED) is 0.176. The highest BCUT2D eigenvalue weighted by atomic mass is 16.6. The van der Waals surface area contributed by atoms with Crippen LogP contribution in [0.25, 0.3) is 6.08 Å². The van der Waals surface area contributed by atoms with Crippen LogP contribution in [0.15, 0.2) is 59.7 Å². The fraction of sp³-hybridized carbons (Fsp3) is 0.541. The van der Waals surface area contributed by atoms with Crippen LogP contribution in [-0.2, 0) is 47.7 Å². The first kappa shape index (κ1) is 36.6. The fourth-order valence-electron chi connectivity index (χ4n) is 8.06. The molecule has 4 rings (SSSR count). The van der Waals surface area contributed by atoms with Gasteiger partial charge in [0.05, 0.1) is 11.0 Å². The number of benzene rings is 1. The second-order valence-electron chi connectivity index (χ2n) is 13.8. The smallest absolute Gasteiger partial charge is 0.331 e. The molecule has 48 heavy (non-hydrogen) atoms. The van der Waals surface area contributed by atoms with Crippen molar-refractivity contribution in [2.24, 2.45) is 16.7 Å². The first-order valence-electron chi connectivity index (χ1n) is 16.1. The van der Waals surface area contributed by atoms with Crippen LogP contribution in [0, 0.1) is 16.7 Å². The monoisotopic (exact) mass is 666 g/mol. The van der Waals surface area contributed by atoms with Gasteiger partial charge in [0.25, 0.3) is 0 Å². The zero-order valence-electron chi connectivity index (χ0n) is 28.9. The van der Waals surface area contributed by atoms with Gasteiger partial charge in [0.1, 0.15) is 18.3 Å². The number of rotatable bonds is 8. The van der Waals surface area contributed by atoms with E-state index in [-0.39, 0.29) is 19.3 Å². The van der Waals surface area contributed by atoms with Crippen LogP contribution < -0.4 is 0 Å². The minimum absolute atomic E-state index is 0.0233. The molecule has 1 N–H and O–H groups in total. The van der Waals surface area contributed by atoms with Crippen LogP contribution >= 0.6 is 0 Å². The van der Waals surface area contributed by atoms with E-state index in [1.807, 2.05) is 30.3 Å². The summed E-state index contributed by atoms with van der Waals surface area (Å²) in [4.78, 5) is 63.7. The van der Waals surface area contributed by atoms with Crippen molar-refractivity contribution in [1.82, 2.24) is 0 Å². The number of aliphatic hydroxyl groups is 1. The summed E-state index contributed by atoms with van der Waals surface area (Å²) < 4.78 is 29.7. The molecule has 3 aliphatic carbocycles. The van der Waals surface area contributed by atoms with Gasteiger partial charge in [-0.3, -0.25) is 19.2 Å². The summed E-state index contributed by atoms with van der Waals surface area (Å²) >= 11 is 0. The summed E-state index contributed by atoms with van der Waals surface area (Å²) in [5.41, 5.74) is -1.84. The maximum Gasteiger partial charge on any atom is 0.331 e. The van der Waals surface area contributed by atoms with Crippen LogP contribution in [0.3, 0.4) is 0 Å². The maximum absolute atomic E-state index is 13.2. The van der Waals surface area contributed by atoms with Crippen molar-refractivity contribution in [2.75, 3.05) is 0 Å². The van der Waals surface area contributed by atoms with E-state index in [4.69, 9.17) is 23.7 Å². The molecule has 0 bridgehead atoms. The highest BCUT2D eigenvalue weighted by molar-refractivity contribution is 5.87. The van der Waals surface area contributed by atoms with Gasteiger partial charge in [-0.1, -0.05) is 43.8 Å². The van der Waals surface area contributed by atoms with Crippen molar-refractivity contribution in [3.8, 4) is 0 Å². The lowest BCUT2D eigenvalue weighted by Gasteiger charge is -2.53. The van der Waals surface area contributed by atoms with E-state index in [0.717, 1.165) is 5.56 Å². The van der Waals surface area contributed by atoms with Crippen molar-refractivity contribution in [1.29, 1.82) is 0 Å². The lowest BCUT2D eigenvalue weighted by atomic mass is 9.56. The topological polar surface area (TPSA) is 152 Å². The van der Waals surface area contributed by atoms with Crippen LogP contribution in [-0.4, -0.2) is 71.1 Å². The summed E-state index contributed by atoms with van der Waals surface area (Å²) in [6, 6.07) is 9.20. The molecule has 0 aliphatic heterocycles. The molecule has 11 heteroatoms. The van der Waals surface area contributed by atoms with Crippen LogP contribution in [0.4, 0.5) is 0 Å². The molecule has 0 heterocycles. The summed E-state index contributed by atoms with van der Waals surface area (Å²) in [5, 5.41) is 12.0. The third kappa shape index (κ3) is 6.97. The maximum atomic E-state index is 13.2. The molecule has 0 amide bonds. The molecule has 2 fully saturated rings. The van der Waals surface area contributed by atoms with E-state index >= 15 is 0 Å². The van der Waals surface area contributed by atoms with Gasteiger partial charge < -0.3 is 28.8 Å². The average molecular weight is 667 g/mol. The van der Waals surface area contributed by atoms with Crippen LogP contribution in [0.2, 0.25) is 0 Å². The van der Waals surface area contributed by atoms with Crippen molar-refractivity contribution >= 4 is 35.9 Å². The Bertz CT molecular complexity index is 1530. The van der Waals surface area contributed by atoms with Crippen LogP contribution in [0.1, 0.15) is 80.2 Å². The molecule has 0 aromatic heterocycles. The van der Waals surface area contributed by atoms with Gasteiger partial charge >= 0.3 is 29.8 Å². The van der Waals surface area contributed by atoms with Crippen molar-refractivity contribution in [2.45, 2.75) is 111 Å². The lowest BCUT2D eigenvalue weighted by molar-refractivity contribution is -0.202. The zero-order valence-corrected chi connectivity index (χ0v) is 28.9. The van der Waals surface area contributed by atoms with Gasteiger partial charge in [-0.15, -0.1) is 0 Å². The second-order valence-corrected chi connectivity index (χ2v) is 13.8. The summed E-state index contributed by atoms with van der Waals surface area (Å²) in [6.45, 7) is 16.1. The highest BCUT2D eigenvalue weighted by Gasteiger charge is 2.69. The van der Waals surface area contributed by atoms with E-state index in [1.165, 1.54) is 33.8 Å². The van der Waals surface area contributed by atoms with E-state index in [9.17, 15) is 29.1 Å². The molecule has 2 saturated carbocycles. The van der Waals surface area contributed by atoms with Crippen molar-refractivity contribution in [3.05, 3.63) is 65.3 Å². The minimum atomic E-state index is -1.53. The average Bonchev–Trinajstić information content (AvgIpc) is 3.20. The molecular formula is C37H46O11. The molecule has 0 unspecified atom stereocenters. The fourth-order valence-corrected chi connectivity index (χ4v) is 8.06. The Morgan fingerprint density at radius 1 is 0.854 bits per heavy atom. The molecule has 260 valence electrons. The number of hydrogen-bond acceptors (Lipinski definition) is 11. The van der Waals surface area contributed by atoms with E-state index in [2.05, 4.69) is 6.58 Å². The Kier molecular flexibility index (Phi) is 10.4. The Hall–Kier alpha value is -4.25. The summed E-state index contributed by atoms with van der Waals surface area (Å²) in [6.07, 6.45) is -2.17. The van der Waals surface area contributed by atoms with Crippen molar-refractivity contribution in [3.63, 3.8) is 0 Å². The Morgan fingerprint density at radius 3 is 1.98 bits per heavy atom. The van der Waals surface area contributed by atoms with E-state index < -0.39 is 82.7 Å². The number of carbonyl (C=O) groups excluding carboxylic acids is 5. The van der Waals surface area contributed by atoms with Gasteiger partial charge in [-0.25, -0.2) is 4.79 Å². The second kappa shape index (κ2) is 13.7. The Balaban J connectivity index is 1.94. The number of carbonyl (C=O) groups is 5. The van der Waals surface area contributed by atoms with Gasteiger partial charge in [0, 0.05) is 52.0 Å². The SMILES string of the molecule is C=C1[C@@H](OC(=O)/C=C/c2ccccc2)C[C@H](OC(C)=O)[C@]2(C)[C@@H]1C[C@@]1(C(C)(C)O)C[C@H](OC(C)=O)C(C)=C1[C@@H](OC(C)=O)[C@@H]2OC(C)=O. The predicted molar refractivity (Wildman–Crippen MR) is 174 cm³/mol. The standard InChI is InChI=1S/C37H46O11/c1-20-27-18-37(35(7,8)43)19-29(44-22(3)38)21(2)32(37)33(46-24(5)40)34(47-25(6)41)36(27,9)30(45-23(4)39)17-28(20)48-31(42)16-15-26-13-11-10-12-14-26/h10-16,27-30,33-34,43H,1,17-19H2,2-9H3/b16-15+/t27-,28+,29+,30+,33-,34+,36+,37-/m1/s1. The van der Waals surface area contributed by atoms with Gasteiger partial charge in [0.15, 0.2) is 12.2 Å². The third-order valence-electron chi connectivity index (χ3n) is 10.3. The minimum Gasteiger partial charge on any atom is -0.462 e. The Labute approximate surface area is 281 Å². The molecule has 0 radical (unpaired) electrons. The third-order valence-corrected chi connectivity index (χ3v) is 10.3. The molecule has 1 aromatic carbocycles. The molecule has 0 saturated heterocycles. The highest BCUT2D eigenvalue weighted by Crippen LogP contribution is 2.65. The summed E-state index contributed by atoms with van der Waals surface area (Å²) in [7, 11) is 0. The normalized spacial score (nSPS) is 31.6. The van der Waals surface area contributed by atoms with Gasteiger partial charge in [0.2, 0.25) is 0 Å². The van der Waals surface area contributed by atoms with Gasteiger partial charge in [-0.05, 0) is 61.5 Å². The molecule has 0 spiro atoms. The van der Waals surface area contributed by atoms with E-state index in [0.29, 0.717) is 16.7 Å². The number of ether oxygens (including phenoxy) is 5. The molecule has 8 atom stereocenters. The predicted octanol–water partition coefficient (Wildman–Crippen LogP) is 4.80. The number of hydrogen-bond donors (Lipinski definition) is 1. The molecular weight excluding hydrogens is 620 g/mol. The molecule has 11 nitrogen and oxygen atoms in total. The molecule has 3 aliphatic rings. The molecule has 1 aromatic rings. The van der Waals surface area contributed by atoms with Crippen LogP contribution in [0.5, 0.6) is 0 Å². The van der Waals surface area contributed by atoms with Crippen molar-refractivity contribution < 1.29 is 52.8 Å². The zero-order chi connectivity index (χ0) is 35.8.